The maximum absolute atomic E-state index is 12.8. The van der Waals surface area contributed by atoms with Crippen LogP contribution in [-0.2, 0) is 20.5 Å². The molecule has 3 rings (SSSR count). The third-order valence-electron chi connectivity index (χ3n) is 4.17. The van der Waals surface area contributed by atoms with Crippen molar-refractivity contribution < 1.29 is 4.79 Å². The smallest absolute Gasteiger partial charge is 0.331 e. The second-order valence-corrected chi connectivity index (χ2v) is 6.70. The molecular weight excluding hydrogens is 352 g/mol. The highest BCUT2D eigenvalue weighted by molar-refractivity contribution is 7.07. The van der Waals surface area contributed by atoms with Gasteiger partial charge in [0, 0.05) is 32.6 Å². The summed E-state index contributed by atoms with van der Waals surface area (Å²) in [6.45, 7) is 0. The van der Waals surface area contributed by atoms with Crippen LogP contribution in [0.25, 0.3) is 0 Å². The first-order valence-corrected chi connectivity index (χ1v) is 8.90. The molecule has 0 aliphatic heterocycles. The first kappa shape index (κ1) is 17.8. The number of carbonyl (C=O) groups is 1. The molecule has 8 heteroatoms. The molecule has 0 saturated heterocycles. The van der Waals surface area contributed by atoms with E-state index >= 15 is 0 Å². The Balaban J connectivity index is 1.93. The molecule has 0 radical (unpaired) electrons. The molecule has 0 aromatic carbocycles. The summed E-state index contributed by atoms with van der Waals surface area (Å²) in [5.41, 5.74) is 0.896. The van der Waals surface area contributed by atoms with Crippen molar-refractivity contribution >= 4 is 17.2 Å². The van der Waals surface area contributed by atoms with Crippen LogP contribution >= 0.6 is 11.3 Å². The second kappa shape index (κ2) is 7.49. The van der Waals surface area contributed by atoms with Gasteiger partial charge in [0.05, 0.1) is 6.04 Å². The summed E-state index contributed by atoms with van der Waals surface area (Å²) in [6, 6.07) is 6.52. The SMILES string of the molecule is Cn1c(C(=O)N[C@H](Cc2ccsc2)c2cccnc2)cc(=O)n(C)c1=O. The number of pyridine rings is 1. The molecule has 7 nitrogen and oxygen atoms in total. The van der Waals surface area contributed by atoms with E-state index in [1.54, 1.807) is 29.8 Å². The summed E-state index contributed by atoms with van der Waals surface area (Å²) < 4.78 is 2.13. The number of nitrogens with one attached hydrogen (secondary N) is 1. The lowest BCUT2D eigenvalue weighted by Gasteiger charge is -2.19. The zero-order chi connectivity index (χ0) is 18.7. The molecule has 1 atom stereocenters. The maximum atomic E-state index is 12.8. The van der Waals surface area contributed by atoms with Crippen LogP contribution < -0.4 is 16.6 Å². The van der Waals surface area contributed by atoms with Crippen molar-refractivity contribution in [3.8, 4) is 0 Å². The van der Waals surface area contributed by atoms with Crippen molar-refractivity contribution in [2.75, 3.05) is 0 Å². The summed E-state index contributed by atoms with van der Waals surface area (Å²) >= 11 is 1.58. The Labute approximate surface area is 153 Å². The monoisotopic (exact) mass is 370 g/mol. The van der Waals surface area contributed by atoms with Gasteiger partial charge in [-0.25, -0.2) is 4.79 Å². The Kier molecular flexibility index (Phi) is 5.13. The van der Waals surface area contributed by atoms with Gasteiger partial charge in [0.25, 0.3) is 11.5 Å². The van der Waals surface area contributed by atoms with Gasteiger partial charge in [-0.05, 0) is 40.4 Å². The van der Waals surface area contributed by atoms with Crippen molar-refractivity contribution in [1.29, 1.82) is 0 Å². The number of hydrogen-bond donors (Lipinski definition) is 1. The number of aromatic nitrogens is 3. The fourth-order valence-electron chi connectivity index (χ4n) is 2.66. The Morgan fingerprint density at radius 2 is 2.08 bits per heavy atom. The average Bonchev–Trinajstić information content (AvgIpc) is 3.16. The van der Waals surface area contributed by atoms with Crippen molar-refractivity contribution in [1.82, 2.24) is 19.4 Å². The molecule has 0 fully saturated rings. The first-order valence-electron chi connectivity index (χ1n) is 7.96. The quantitative estimate of drug-likeness (QED) is 0.732. The minimum absolute atomic E-state index is 0.0253. The van der Waals surface area contributed by atoms with Gasteiger partial charge >= 0.3 is 5.69 Å². The zero-order valence-corrected chi connectivity index (χ0v) is 15.2. The minimum atomic E-state index is -0.543. The van der Waals surface area contributed by atoms with E-state index in [0.29, 0.717) is 6.42 Å². The van der Waals surface area contributed by atoms with Gasteiger partial charge in [0.1, 0.15) is 5.69 Å². The highest BCUT2D eigenvalue weighted by atomic mass is 32.1. The predicted molar refractivity (Wildman–Crippen MR) is 99.4 cm³/mol. The van der Waals surface area contributed by atoms with Gasteiger partial charge in [-0.2, -0.15) is 11.3 Å². The van der Waals surface area contributed by atoms with Crippen LogP contribution in [0.1, 0.15) is 27.7 Å². The van der Waals surface area contributed by atoms with E-state index in [9.17, 15) is 14.4 Å². The summed E-state index contributed by atoms with van der Waals surface area (Å²) in [7, 11) is 2.84. The zero-order valence-electron chi connectivity index (χ0n) is 14.4. The Morgan fingerprint density at radius 3 is 2.73 bits per heavy atom. The van der Waals surface area contributed by atoms with E-state index in [1.807, 2.05) is 22.9 Å². The van der Waals surface area contributed by atoms with Crippen molar-refractivity contribution in [2.45, 2.75) is 12.5 Å². The molecule has 0 aliphatic rings. The molecule has 0 bridgehead atoms. The van der Waals surface area contributed by atoms with E-state index in [2.05, 4.69) is 10.3 Å². The van der Waals surface area contributed by atoms with Gasteiger partial charge in [0.2, 0.25) is 0 Å². The summed E-state index contributed by atoms with van der Waals surface area (Å²) in [5, 5.41) is 6.91. The lowest BCUT2D eigenvalue weighted by Crippen LogP contribution is -2.42. The van der Waals surface area contributed by atoms with Gasteiger partial charge in [-0.1, -0.05) is 6.07 Å². The Bertz CT molecular complexity index is 1020. The van der Waals surface area contributed by atoms with E-state index in [1.165, 1.54) is 24.7 Å². The largest absolute Gasteiger partial charge is 0.344 e. The number of amides is 1. The number of thiophene rings is 1. The molecule has 3 heterocycles. The van der Waals surface area contributed by atoms with E-state index in [-0.39, 0.29) is 11.7 Å². The van der Waals surface area contributed by atoms with Crippen molar-refractivity contribution in [3.05, 3.63) is 85.1 Å². The predicted octanol–water partition coefficient (Wildman–Crippen LogP) is 1.25. The maximum Gasteiger partial charge on any atom is 0.331 e. The molecule has 0 saturated carbocycles. The highest BCUT2D eigenvalue weighted by Crippen LogP contribution is 2.19. The molecule has 0 unspecified atom stereocenters. The van der Waals surface area contributed by atoms with E-state index in [0.717, 1.165) is 15.7 Å². The molecule has 1 N–H and O–H groups in total. The molecule has 1 amide bonds. The average molecular weight is 370 g/mol. The van der Waals surface area contributed by atoms with Gasteiger partial charge in [-0.15, -0.1) is 0 Å². The van der Waals surface area contributed by atoms with Crippen LogP contribution in [0, 0.1) is 0 Å². The van der Waals surface area contributed by atoms with Crippen molar-refractivity contribution in [3.63, 3.8) is 0 Å². The van der Waals surface area contributed by atoms with Gasteiger partial charge in [0.15, 0.2) is 0 Å². The molecule has 0 aliphatic carbocycles. The number of nitrogens with zero attached hydrogens (tertiary/aromatic N) is 3. The molecule has 3 aromatic heterocycles. The molecule has 3 aromatic rings. The summed E-state index contributed by atoms with van der Waals surface area (Å²) in [6.07, 6.45) is 3.94. The summed E-state index contributed by atoms with van der Waals surface area (Å²) in [5.74, 6) is -0.480. The fourth-order valence-corrected chi connectivity index (χ4v) is 3.34. The van der Waals surface area contributed by atoms with Crippen molar-refractivity contribution in [2.24, 2.45) is 14.1 Å². The lowest BCUT2D eigenvalue weighted by atomic mass is 10.0. The fraction of sp³-hybridized carbons (Fsp3) is 0.222. The topological polar surface area (TPSA) is 86.0 Å². The Morgan fingerprint density at radius 1 is 1.27 bits per heavy atom. The second-order valence-electron chi connectivity index (χ2n) is 5.92. The van der Waals surface area contributed by atoms with Crippen LogP contribution in [0.5, 0.6) is 0 Å². The molecule has 134 valence electrons. The molecule has 26 heavy (non-hydrogen) atoms. The van der Waals surface area contributed by atoms with Gasteiger partial charge in [-0.3, -0.25) is 23.7 Å². The van der Waals surface area contributed by atoms with Crippen LogP contribution in [-0.4, -0.2) is 20.0 Å². The van der Waals surface area contributed by atoms with Crippen LogP contribution in [0.4, 0.5) is 0 Å². The minimum Gasteiger partial charge on any atom is -0.344 e. The van der Waals surface area contributed by atoms with E-state index in [4.69, 9.17) is 0 Å². The lowest BCUT2D eigenvalue weighted by molar-refractivity contribution is 0.0926. The third-order valence-corrected chi connectivity index (χ3v) is 4.90. The summed E-state index contributed by atoms with van der Waals surface area (Å²) in [4.78, 5) is 40.8. The van der Waals surface area contributed by atoms with Crippen LogP contribution in [0.2, 0.25) is 0 Å². The first-order chi connectivity index (χ1) is 12.5. The normalized spacial score (nSPS) is 11.9. The number of rotatable bonds is 5. The molecule has 0 spiro atoms. The van der Waals surface area contributed by atoms with Crippen LogP contribution in [0.3, 0.4) is 0 Å². The highest BCUT2D eigenvalue weighted by Gasteiger charge is 2.20. The standard InChI is InChI=1S/C18H18N4O3S/c1-21-15(9-16(23)22(2)18(21)25)17(24)20-14(8-12-5-7-26-11-12)13-4-3-6-19-10-13/h3-7,9-11,14H,8H2,1-2H3,(H,20,24)/t14-/m1/s1. The molecular formula is C18H18N4O3S. The van der Waals surface area contributed by atoms with Crippen LogP contribution in [0.15, 0.2) is 57.0 Å². The third kappa shape index (κ3) is 3.65. The Hall–Kier alpha value is -3.00. The number of hydrogen-bond acceptors (Lipinski definition) is 5. The van der Waals surface area contributed by atoms with E-state index < -0.39 is 17.2 Å². The van der Waals surface area contributed by atoms with Gasteiger partial charge < -0.3 is 5.32 Å². The number of carbonyl (C=O) groups excluding carboxylic acids is 1.